The fourth-order valence-corrected chi connectivity index (χ4v) is 2.91. The summed E-state index contributed by atoms with van der Waals surface area (Å²) < 4.78 is 13.9. The van der Waals surface area contributed by atoms with Gasteiger partial charge in [0.05, 0.1) is 12.1 Å². The zero-order valence-electron chi connectivity index (χ0n) is 13.1. The number of carboxylic acid groups (broad SMARTS) is 1. The molecule has 1 saturated carbocycles. The molecule has 4 nitrogen and oxygen atoms in total. The first-order valence-corrected chi connectivity index (χ1v) is 8.01. The molecule has 122 valence electrons. The van der Waals surface area contributed by atoms with Gasteiger partial charge in [-0.3, -0.25) is 4.79 Å². The van der Waals surface area contributed by atoms with Crippen LogP contribution in [0.3, 0.4) is 0 Å². The van der Waals surface area contributed by atoms with Crippen molar-refractivity contribution in [2.24, 2.45) is 0 Å². The molecule has 2 rings (SSSR count). The Kier molecular flexibility index (Phi) is 6.19. The summed E-state index contributed by atoms with van der Waals surface area (Å²) in [6.07, 6.45) is 6.32. The second-order valence-corrected chi connectivity index (χ2v) is 6.07. The third-order valence-electron chi connectivity index (χ3n) is 4.28. The van der Waals surface area contributed by atoms with Crippen molar-refractivity contribution in [1.29, 1.82) is 0 Å². The van der Waals surface area contributed by atoms with E-state index in [1.165, 1.54) is 38.2 Å². The summed E-state index contributed by atoms with van der Waals surface area (Å²) in [4.78, 5) is 12.3. The molecule has 2 N–H and O–H groups in total. The van der Waals surface area contributed by atoms with Gasteiger partial charge >= 0.3 is 5.97 Å². The van der Waals surface area contributed by atoms with Gasteiger partial charge in [-0.2, -0.15) is 0 Å². The second-order valence-electron chi connectivity index (χ2n) is 6.07. The number of aliphatic carboxylic acids is 1. The Morgan fingerprint density at radius 2 is 2.09 bits per heavy atom. The molecular formula is C17H25FN2O2. The van der Waals surface area contributed by atoms with Crippen LogP contribution in [-0.4, -0.2) is 30.7 Å². The van der Waals surface area contributed by atoms with E-state index in [9.17, 15) is 9.18 Å². The molecule has 1 aromatic carbocycles. The summed E-state index contributed by atoms with van der Waals surface area (Å²) in [5.74, 6) is -1.18. The van der Waals surface area contributed by atoms with Crippen LogP contribution in [0.4, 0.5) is 10.1 Å². The van der Waals surface area contributed by atoms with Crippen LogP contribution in [0.2, 0.25) is 0 Å². The lowest BCUT2D eigenvalue weighted by Gasteiger charge is -2.24. The number of carboxylic acids is 1. The van der Waals surface area contributed by atoms with Crippen molar-refractivity contribution in [3.05, 3.63) is 29.6 Å². The van der Waals surface area contributed by atoms with E-state index in [0.29, 0.717) is 18.3 Å². The lowest BCUT2D eigenvalue weighted by atomic mass is 9.95. The number of benzene rings is 1. The van der Waals surface area contributed by atoms with Gasteiger partial charge in [0.1, 0.15) is 5.82 Å². The Hall–Kier alpha value is -1.62. The van der Waals surface area contributed by atoms with Crippen molar-refractivity contribution >= 4 is 11.7 Å². The molecular weight excluding hydrogens is 283 g/mol. The first-order chi connectivity index (χ1) is 10.6. The quantitative estimate of drug-likeness (QED) is 0.812. The number of hydrogen-bond donors (Lipinski definition) is 2. The van der Waals surface area contributed by atoms with Crippen LogP contribution in [0.5, 0.6) is 0 Å². The fourth-order valence-electron chi connectivity index (χ4n) is 2.91. The molecule has 0 saturated heterocycles. The number of rotatable bonds is 7. The van der Waals surface area contributed by atoms with Gasteiger partial charge in [0.2, 0.25) is 0 Å². The molecule has 0 unspecified atom stereocenters. The van der Waals surface area contributed by atoms with Gasteiger partial charge in [0.25, 0.3) is 0 Å². The lowest BCUT2D eigenvalue weighted by Crippen LogP contribution is -2.30. The van der Waals surface area contributed by atoms with E-state index < -0.39 is 5.97 Å². The average molecular weight is 308 g/mol. The Morgan fingerprint density at radius 1 is 1.36 bits per heavy atom. The van der Waals surface area contributed by atoms with E-state index in [-0.39, 0.29) is 12.2 Å². The summed E-state index contributed by atoms with van der Waals surface area (Å²) in [5, 5.41) is 12.3. The number of halogens is 1. The topological polar surface area (TPSA) is 52.6 Å². The minimum absolute atomic E-state index is 0.000488. The molecule has 1 aromatic rings. The van der Waals surface area contributed by atoms with Gasteiger partial charge in [-0.05, 0) is 30.5 Å². The second kappa shape index (κ2) is 8.13. The van der Waals surface area contributed by atoms with Crippen molar-refractivity contribution in [1.82, 2.24) is 5.32 Å². The fraction of sp³-hybridized carbons (Fsp3) is 0.588. The maximum Gasteiger partial charge on any atom is 0.305 e. The van der Waals surface area contributed by atoms with E-state index in [4.69, 9.17) is 5.11 Å². The molecule has 1 aliphatic carbocycles. The maximum atomic E-state index is 13.9. The van der Waals surface area contributed by atoms with Gasteiger partial charge in [0.15, 0.2) is 0 Å². The first kappa shape index (κ1) is 16.7. The third-order valence-corrected chi connectivity index (χ3v) is 4.28. The van der Waals surface area contributed by atoms with E-state index >= 15 is 0 Å². The Morgan fingerprint density at radius 3 is 2.77 bits per heavy atom. The summed E-state index contributed by atoms with van der Waals surface area (Å²) in [5.41, 5.74) is 1.49. The summed E-state index contributed by atoms with van der Waals surface area (Å²) in [6, 6.07) is 5.63. The van der Waals surface area contributed by atoms with Gasteiger partial charge in [-0.25, -0.2) is 4.39 Å². The highest BCUT2D eigenvalue weighted by atomic mass is 19.1. The number of carbonyl (C=O) groups is 1. The van der Waals surface area contributed by atoms with E-state index in [0.717, 1.165) is 12.1 Å². The molecule has 0 atom stereocenters. The number of anilines is 1. The molecule has 0 amide bonds. The van der Waals surface area contributed by atoms with Crippen molar-refractivity contribution in [2.75, 3.05) is 18.5 Å². The van der Waals surface area contributed by atoms with E-state index in [2.05, 4.69) is 5.32 Å². The molecule has 0 aliphatic heterocycles. The molecule has 0 aromatic heterocycles. The smallest absolute Gasteiger partial charge is 0.305 e. The van der Waals surface area contributed by atoms with Crippen LogP contribution >= 0.6 is 0 Å². The Balaban J connectivity index is 1.94. The molecule has 5 heteroatoms. The zero-order chi connectivity index (χ0) is 15.9. The molecule has 1 aliphatic rings. The van der Waals surface area contributed by atoms with Crippen molar-refractivity contribution in [3.63, 3.8) is 0 Å². The first-order valence-electron chi connectivity index (χ1n) is 8.01. The predicted molar refractivity (Wildman–Crippen MR) is 85.6 cm³/mol. The standard InChI is InChI=1S/C17H25FN2O2/c1-20(10-9-17(21)22)16-11-13(7-8-15(16)18)12-19-14-5-3-2-4-6-14/h7-8,11,14,19H,2-6,9-10,12H2,1H3,(H,21,22). The highest BCUT2D eigenvalue weighted by molar-refractivity contribution is 5.67. The maximum absolute atomic E-state index is 13.9. The van der Waals surface area contributed by atoms with Crippen LogP contribution in [0.1, 0.15) is 44.1 Å². The molecule has 1 fully saturated rings. The molecule has 0 bridgehead atoms. The van der Waals surface area contributed by atoms with Crippen molar-refractivity contribution < 1.29 is 14.3 Å². The largest absolute Gasteiger partial charge is 0.481 e. The summed E-state index contributed by atoms with van der Waals surface area (Å²) >= 11 is 0. The van der Waals surface area contributed by atoms with Crippen LogP contribution in [0, 0.1) is 5.82 Å². The monoisotopic (exact) mass is 308 g/mol. The number of nitrogens with zero attached hydrogens (tertiary/aromatic N) is 1. The molecule has 0 heterocycles. The van der Waals surface area contributed by atoms with Gasteiger partial charge in [0, 0.05) is 26.2 Å². The minimum atomic E-state index is -0.873. The van der Waals surface area contributed by atoms with Crippen molar-refractivity contribution in [3.8, 4) is 0 Å². The molecule has 0 radical (unpaired) electrons. The van der Waals surface area contributed by atoms with Crippen LogP contribution in [0.15, 0.2) is 18.2 Å². The normalized spacial score (nSPS) is 15.7. The number of hydrogen-bond acceptors (Lipinski definition) is 3. The van der Waals surface area contributed by atoms with E-state index in [1.54, 1.807) is 18.0 Å². The SMILES string of the molecule is CN(CCC(=O)O)c1cc(CNC2CCCCC2)ccc1F. The van der Waals surface area contributed by atoms with Gasteiger partial charge in [-0.1, -0.05) is 25.3 Å². The third kappa shape index (κ3) is 4.98. The molecule has 0 spiro atoms. The van der Waals surface area contributed by atoms with Gasteiger partial charge < -0.3 is 15.3 Å². The Labute approximate surface area is 131 Å². The van der Waals surface area contributed by atoms with E-state index in [1.807, 2.05) is 6.07 Å². The predicted octanol–water partition coefficient (Wildman–Crippen LogP) is 3.16. The van der Waals surface area contributed by atoms with Gasteiger partial charge in [-0.15, -0.1) is 0 Å². The molecule has 22 heavy (non-hydrogen) atoms. The zero-order valence-corrected chi connectivity index (χ0v) is 13.1. The highest BCUT2D eigenvalue weighted by Crippen LogP contribution is 2.21. The van der Waals surface area contributed by atoms with Crippen LogP contribution < -0.4 is 10.2 Å². The van der Waals surface area contributed by atoms with Crippen LogP contribution in [0.25, 0.3) is 0 Å². The summed E-state index contributed by atoms with van der Waals surface area (Å²) in [6.45, 7) is 1.02. The average Bonchev–Trinajstić information content (AvgIpc) is 2.52. The number of nitrogens with one attached hydrogen (secondary N) is 1. The highest BCUT2D eigenvalue weighted by Gasteiger charge is 2.14. The van der Waals surface area contributed by atoms with Crippen LogP contribution in [-0.2, 0) is 11.3 Å². The Bertz CT molecular complexity index is 501. The summed E-state index contributed by atoms with van der Waals surface area (Å²) in [7, 11) is 1.72. The minimum Gasteiger partial charge on any atom is -0.481 e. The van der Waals surface area contributed by atoms with Crippen molar-refractivity contribution in [2.45, 2.75) is 51.1 Å². The lowest BCUT2D eigenvalue weighted by molar-refractivity contribution is -0.136.